The number of carbonyl (C=O) groups excluding carboxylic acids is 1. The van der Waals surface area contributed by atoms with E-state index in [1.54, 1.807) is 6.20 Å². The van der Waals surface area contributed by atoms with Crippen LogP contribution in [0, 0.1) is 0 Å². The first-order valence-corrected chi connectivity index (χ1v) is 10.5. The van der Waals surface area contributed by atoms with Crippen LogP contribution < -0.4 is 20.9 Å². The highest BCUT2D eigenvalue weighted by atomic mass is 35.5. The monoisotopic (exact) mass is 424 g/mol. The molecular weight excluding hydrogens is 392 g/mol. The van der Waals surface area contributed by atoms with Gasteiger partial charge in [-0.3, -0.25) is 4.99 Å². The van der Waals surface area contributed by atoms with Crippen molar-refractivity contribution in [2.45, 2.75) is 52.2 Å². The highest BCUT2D eigenvalue weighted by Gasteiger charge is 2.25. The molecule has 162 valence electrons. The minimum atomic E-state index is -0.487. The van der Waals surface area contributed by atoms with E-state index < -0.39 is 11.7 Å². The summed E-state index contributed by atoms with van der Waals surface area (Å²) in [7, 11) is 0. The molecule has 0 spiro atoms. The Hall–Kier alpha value is -2.22. The number of halogens is 1. The Morgan fingerprint density at radius 3 is 2.90 bits per heavy atom. The fourth-order valence-corrected chi connectivity index (χ4v) is 3.21. The molecule has 1 aliphatic rings. The first-order chi connectivity index (χ1) is 13.8. The number of amides is 1. The molecule has 1 fully saturated rings. The van der Waals surface area contributed by atoms with Gasteiger partial charge in [-0.15, -0.1) is 0 Å². The summed E-state index contributed by atoms with van der Waals surface area (Å²) in [5.41, 5.74) is -0.487. The average molecular weight is 425 g/mol. The standard InChI is InChI=1S/C20H33ClN6O2/c1-5-22-18(24-11-7-12-25-19(28)29-20(2,3)4)26-15-9-13-27(14-15)17-16(21)8-6-10-23-17/h6,8,10,15H,5,7,9,11-14H2,1-4H3,(H,25,28)(H2,22,24,26). The number of hydrogen-bond acceptors (Lipinski definition) is 5. The predicted octanol–water partition coefficient (Wildman–Crippen LogP) is 2.78. The third-order valence-electron chi connectivity index (χ3n) is 4.18. The molecule has 2 heterocycles. The number of guanidine groups is 1. The molecule has 0 aliphatic carbocycles. The molecule has 0 saturated carbocycles. The summed E-state index contributed by atoms with van der Waals surface area (Å²) in [6, 6.07) is 3.97. The number of anilines is 1. The summed E-state index contributed by atoms with van der Waals surface area (Å²) in [5.74, 6) is 1.61. The van der Waals surface area contributed by atoms with Gasteiger partial charge in [0.05, 0.1) is 5.02 Å². The first-order valence-electron chi connectivity index (χ1n) is 10.2. The largest absolute Gasteiger partial charge is 0.444 e. The van der Waals surface area contributed by atoms with E-state index in [1.165, 1.54) is 0 Å². The van der Waals surface area contributed by atoms with Gasteiger partial charge in [-0.2, -0.15) is 0 Å². The quantitative estimate of drug-likeness (QED) is 0.354. The molecule has 0 aromatic carbocycles. The Labute approximate surface area is 178 Å². The Bertz CT molecular complexity index is 692. The van der Waals surface area contributed by atoms with E-state index >= 15 is 0 Å². The van der Waals surface area contributed by atoms with Crippen molar-refractivity contribution in [3.8, 4) is 0 Å². The number of ether oxygens (including phenoxy) is 1. The minimum absolute atomic E-state index is 0.269. The van der Waals surface area contributed by atoms with Gasteiger partial charge < -0.3 is 25.6 Å². The number of nitrogens with one attached hydrogen (secondary N) is 3. The van der Waals surface area contributed by atoms with Crippen molar-refractivity contribution in [2.24, 2.45) is 4.99 Å². The van der Waals surface area contributed by atoms with Crippen LogP contribution in [0.3, 0.4) is 0 Å². The fraction of sp³-hybridized carbons (Fsp3) is 0.650. The van der Waals surface area contributed by atoms with Crippen molar-refractivity contribution in [1.29, 1.82) is 0 Å². The molecule has 0 bridgehead atoms. The van der Waals surface area contributed by atoms with E-state index in [0.29, 0.717) is 18.1 Å². The zero-order valence-corrected chi connectivity index (χ0v) is 18.6. The van der Waals surface area contributed by atoms with Crippen LogP contribution in [0.1, 0.15) is 40.5 Å². The molecule has 1 saturated heterocycles. The summed E-state index contributed by atoms with van der Waals surface area (Å²) >= 11 is 6.26. The number of carbonyl (C=O) groups is 1. The Morgan fingerprint density at radius 1 is 1.41 bits per heavy atom. The lowest BCUT2D eigenvalue weighted by Gasteiger charge is -2.20. The van der Waals surface area contributed by atoms with Crippen LogP contribution >= 0.6 is 11.6 Å². The third-order valence-corrected chi connectivity index (χ3v) is 4.48. The summed E-state index contributed by atoms with van der Waals surface area (Å²) in [6.45, 7) is 11.2. The van der Waals surface area contributed by atoms with Crippen molar-refractivity contribution >= 4 is 29.5 Å². The molecule has 1 aromatic rings. The molecule has 9 heteroatoms. The van der Waals surface area contributed by atoms with Crippen molar-refractivity contribution in [3.05, 3.63) is 23.4 Å². The molecule has 3 N–H and O–H groups in total. The predicted molar refractivity (Wildman–Crippen MR) is 118 cm³/mol. The van der Waals surface area contributed by atoms with Gasteiger partial charge in [-0.1, -0.05) is 11.6 Å². The molecule has 29 heavy (non-hydrogen) atoms. The maximum Gasteiger partial charge on any atom is 0.407 e. The van der Waals surface area contributed by atoms with Gasteiger partial charge in [0.2, 0.25) is 0 Å². The lowest BCUT2D eigenvalue weighted by Crippen LogP contribution is -2.44. The highest BCUT2D eigenvalue weighted by Crippen LogP contribution is 2.25. The summed E-state index contributed by atoms with van der Waals surface area (Å²) < 4.78 is 5.22. The topological polar surface area (TPSA) is 90.9 Å². The van der Waals surface area contributed by atoms with Crippen LogP contribution in [0.5, 0.6) is 0 Å². The zero-order chi connectivity index (χ0) is 21.3. The van der Waals surface area contributed by atoms with E-state index in [1.807, 2.05) is 39.8 Å². The van der Waals surface area contributed by atoms with Gasteiger partial charge in [0.25, 0.3) is 0 Å². The molecule has 1 aromatic heterocycles. The summed E-state index contributed by atoms with van der Waals surface area (Å²) in [4.78, 5) is 22.8. The Kier molecular flexibility index (Phi) is 8.82. The van der Waals surface area contributed by atoms with Gasteiger partial charge in [-0.05, 0) is 52.7 Å². The normalized spacial score (nSPS) is 17.2. The van der Waals surface area contributed by atoms with Gasteiger partial charge in [0.1, 0.15) is 11.4 Å². The maximum atomic E-state index is 11.6. The Balaban J connectivity index is 1.76. The maximum absolute atomic E-state index is 11.6. The van der Waals surface area contributed by atoms with Gasteiger partial charge in [0, 0.05) is 45.0 Å². The minimum Gasteiger partial charge on any atom is -0.444 e. The number of alkyl carbamates (subject to hydrolysis) is 1. The third kappa shape index (κ3) is 8.35. The molecular formula is C20H33ClN6O2. The van der Waals surface area contributed by atoms with Gasteiger partial charge in [-0.25, -0.2) is 9.78 Å². The molecule has 1 aliphatic heterocycles. The Morgan fingerprint density at radius 2 is 2.21 bits per heavy atom. The van der Waals surface area contributed by atoms with Crippen molar-refractivity contribution in [3.63, 3.8) is 0 Å². The second-order valence-electron chi connectivity index (χ2n) is 7.93. The van der Waals surface area contributed by atoms with Crippen LogP contribution in [0.15, 0.2) is 23.3 Å². The van der Waals surface area contributed by atoms with Crippen LogP contribution in [-0.4, -0.2) is 61.4 Å². The second-order valence-corrected chi connectivity index (χ2v) is 8.33. The molecule has 0 radical (unpaired) electrons. The number of rotatable bonds is 7. The summed E-state index contributed by atoms with van der Waals surface area (Å²) in [5, 5.41) is 10.2. The van der Waals surface area contributed by atoms with Crippen LogP contribution in [0.2, 0.25) is 5.02 Å². The SMILES string of the molecule is CCNC(=NCCCNC(=O)OC(C)(C)C)NC1CCN(c2ncccc2Cl)C1. The number of nitrogens with zero attached hydrogens (tertiary/aromatic N) is 3. The van der Waals surface area contributed by atoms with Gasteiger partial charge in [0.15, 0.2) is 5.96 Å². The van der Waals surface area contributed by atoms with E-state index in [2.05, 4.69) is 30.8 Å². The molecule has 8 nitrogen and oxygen atoms in total. The number of aromatic nitrogens is 1. The average Bonchev–Trinajstić information content (AvgIpc) is 3.08. The van der Waals surface area contributed by atoms with Crippen molar-refractivity contribution in [1.82, 2.24) is 20.9 Å². The molecule has 2 rings (SSSR count). The lowest BCUT2D eigenvalue weighted by atomic mass is 10.2. The van der Waals surface area contributed by atoms with Crippen molar-refractivity contribution in [2.75, 3.05) is 37.6 Å². The summed E-state index contributed by atoms with van der Waals surface area (Å²) in [6.07, 6.45) is 3.08. The molecule has 1 unspecified atom stereocenters. The van der Waals surface area contributed by atoms with Crippen LogP contribution in [0.25, 0.3) is 0 Å². The van der Waals surface area contributed by atoms with Crippen LogP contribution in [0.4, 0.5) is 10.6 Å². The van der Waals surface area contributed by atoms with E-state index in [9.17, 15) is 4.79 Å². The molecule has 1 amide bonds. The van der Waals surface area contributed by atoms with Gasteiger partial charge >= 0.3 is 6.09 Å². The number of pyridine rings is 1. The number of hydrogen-bond donors (Lipinski definition) is 3. The highest BCUT2D eigenvalue weighted by molar-refractivity contribution is 6.32. The smallest absolute Gasteiger partial charge is 0.407 e. The second kappa shape index (κ2) is 11.1. The van der Waals surface area contributed by atoms with E-state index in [4.69, 9.17) is 16.3 Å². The first kappa shape index (κ1) is 23.1. The van der Waals surface area contributed by atoms with E-state index in [0.717, 1.165) is 44.3 Å². The lowest BCUT2D eigenvalue weighted by molar-refractivity contribution is 0.0527. The van der Waals surface area contributed by atoms with E-state index in [-0.39, 0.29) is 6.04 Å². The zero-order valence-electron chi connectivity index (χ0n) is 17.8. The fourth-order valence-electron chi connectivity index (χ4n) is 2.97. The number of aliphatic imine (C=N–C) groups is 1. The molecule has 1 atom stereocenters. The van der Waals surface area contributed by atoms with Crippen molar-refractivity contribution < 1.29 is 9.53 Å². The van der Waals surface area contributed by atoms with Crippen LogP contribution in [-0.2, 0) is 4.74 Å².